The van der Waals surface area contributed by atoms with Crippen LogP contribution in [0.3, 0.4) is 0 Å². The predicted octanol–water partition coefficient (Wildman–Crippen LogP) is 4.73. The van der Waals surface area contributed by atoms with E-state index in [1.165, 1.54) is 42.1 Å². The molecular weight excluding hydrogens is 286 g/mol. The summed E-state index contributed by atoms with van der Waals surface area (Å²) in [4.78, 5) is 2.67. The van der Waals surface area contributed by atoms with Gasteiger partial charge in [-0.25, -0.2) is 0 Å². The van der Waals surface area contributed by atoms with E-state index in [9.17, 15) is 0 Å². The quantitative estimate of drug-likeness (QED) is 0.736. The van der Waals surface area contributed by atoms with Gasteiger partial charge < -0.3 is 4.90 Å². The lowest BCUT2D eigenvalue weighted by molar-refractivity contribution is 0.576. The summed E-state index contributed by atoms with van der Waals surface area (Å²) >= 11 is 3.54. The van der Waals surface area contributed by atoms with E-state index >= 15 is 0 Å². The molecule has 2 heteroatoms. The van der Waals surface area contributed by atoms with Crippen molar-refractivity contribution in [2.45, 2.75) is 37.8 Å². The number of rotatable bonds is 1. The average molecular weight is 302 g/mol. The zero-order chi connectivity index (χ0) is 12.1. The van der Waals surface area contributed by atoms with E-state index < -0.39 is 0 Å². The van der Waals surface area contributed by atoms with Crippen LogP contribution in [-0.2, 0) is 0 Å². The van der Waals surface area contributed by atoms with E-state index in [1.807, 2.05) is 0 Å². The first-order valence-electron chi connectivity index (χ1n) is 6.79. The number of hydrogen-bond acceptors (Lipinski definition) is 1. The van der Waals surface area contributed by atoms with Gasteiger partial charge in [-0.1, -0.05) is 28.1 Å². The van der Waals surface area contributed by atoms with E-state index in [0.717, 1.165) is 16.6 Å². The van der Waals surface area contributed by atoms with Gasteiger partial charge in [0.1, 0.15) is 0 Å². The Labute approximate surface area is 116 Å². The van der Waals surface area contributed by atoms with Gasteiger partial charge in [0.15, 0.2) is 0 Å². The summed E-state index contributed by atoms with van der Waals surface area (Å²) in [6, 6.07) is 15.1. The molecule has 0 amide bonds. The van der Waals surface area contributed by atoms with Crippen molar-refractivity contribution in [3.8, 4) is 0 Å². The fourth-order valence-corrected chi connectivity index (χ4v) is 4.08. The van der Waals surface area contributed by atoms with Crippen LogP contribution in [0.5, 0.6) is 0 Å². The summed E-state index contributed by atoms with van der Waals surface area (Å²) < 4.78 is 1.16. The van der Waals surface area contributed by atoms with Crippen LogP contribution < -0.4 is 4.90 Å². The zero-order valence-electron chi connectivity index (χ0n) is 10.3. The maximum absolute atomic E-state index is 3.54. The number of fused-ring (bicyclic) bond motifs is 3. The summed E-state index contributed by atoms with van der Waals surface area (Å²) in [7, 11) is 0. The molecule has 4 rings (SSSR count). The van der Waals surface area contributed by atoms with Crippen LogP contribution in [0.2, 0.25) is 0 Å². The van der Waals surface area contributed by atoms with Crippen molar-refractivity contribution in [2.24, 2.45) is 0 Å². The maximum atomic E-state index is 3.54. The molecule has 0 N–H and O–H groups in total. The maximum Gasteiger partial charge on any atom is 0.0377 e. The summed E-state index contributed by atoms with van der Waals surface area (Å²) in [5.74, 6) is 0. The minimum absolute atomic E-state index is 0.808. The van der Waals surface area contributed by atoms with Crippen LogP contribution in [0.25, 0.3) is 10.8 Å². The third-order valence-electron chi connectivity index (χ3n) is 4.54. The Bertz CT molecular complexity index is 587. The molecule has 2 heterocycles. The van der Waals surface area contributed by atoms with Gasteiger partial charge in [0.05, 0.1) is 0 Å². The molecule has 0 aromatic heterocycles. The summed E-state index contributed by atoms with van der Waals surface area (Å²) in [5, 5.41) is 2.67. The lowest BCUT2D eigenvalue weighted by Gasteiger charge is -2.24. The lowest BCUT2D eigenvalue weighted by atomic mass is 10.0. The molecule has 2 fully saturated rings. The Morgan fingerprint density at radius 3 is 2.17 bits per heavy atom. The van der Waals surface area contributed by atoms with Crippen LogP contribution in [0, 0.1) is 0 Å². The molecule has 2 aromatic carbocycles. The number of anilines is 1. The van der Waals surface area contributed by atoms with Gasteiger partial charge >= 0.3 is 0 Å². The summed E-state index contributed by atoms with van der Waals surface area (Å²) in [5.41, 5.74) is 1.43. The van der Waals surface area contributed by atoms with Crippen LogP contribution >= 0.6 is 15.9 Å². The summed E-state index contributed by atoms with van der Waals surface area (Å²) in [6.07, 6.45) is 5.57. The van der Waals surface area contributed by atoms with Gasteiger partial charge in [0, 0.05) is 22.2 Å². The molecule has 0 spiro atoms. The molecule has 0 radical (unpaired) electrons. The van der Waals surface area contributed by atoms with Crippen molar-refractivity contribution in [1.82, 2.24) is 0 Å². The molecule has 0 unspecified atom stereocenters. The largest absolute Gasteiger partial charge is 0.366 e. The molecule has 0 aliphatic carbocycles. The first-order valence-corrected chi connectivity index (χ1v) is 7.58. The van der Waals surface area contributed by atoms with Crippen molar-refractivity contribution < 1.29 is 0 Å². The Morgan fingerprint density at radius 1 is 0.833 bits per heavy atom. The van der Waals surface area contributed by atoms with Gasteiger partial charge in [0.25, 0.3) is 0 Å². The van der Waals surface area contributed by atoms with E-state index in [1.54, 1.807) is 0 Å². The monoisotopic (exact) mass is 301 g/mol. The molecule has 0 atom stereocenters. The van der Waals surface area contributed by atoms with Crippen LogP contribution in [0.4, 0.5) is 5.69 Å². The zero-order valence-corrected chi connectivity index (χ0v) is 11.9. The summed E-state index contributed by atoms with van der Waals surface area (Å²) in [6.45, 7) is 0. The van der Waals surface area contributed by atoms with Crippen molar-refractivity contribution in [3.63, 3.8) is 0 Å². The van der Waals surface area contributed by atoms with Gasteiger partial charge in [-0.2, -0.15) is 0 Å². The molecule has 2 aliphatic heterocycles. The van der Waals surface area contributed by atoms with Crippen molar-refractivity contribution in [3.05, 3.63) is 40.9 Å². The number of hydrogen-bond donors (Lipinski definition) is 0. The Hall–Kier alpha value is -1.02. The van der Waals surface area contributed by atoms with Crippen LogP contribution in [-0.4, -0.2) is 12.1 Å². The van der Waals surface area contributed by atoms with Gasteiger partial charge in [0.2, 0.25) is 0 Å². The average Bonchev–Trinajstić information content (AvgIpc) is 2.98. The Kier molecular flexibility index (Phi) is 2.41. The second-order valence-electron chi connectivity index (χ2n) is 5.55. The minimum atomic E-state index is 0.808. The van der Waals surface area contributed by atoms with Gasteiger partial charge in [-0.05, 0) is 60.7 Å². The fourth-order valence-electron chi connectivity index (χ4n) is 3.70. The van der Waals surface area contributed by atoms with Crippen LogP contribution in [0.15, 0.2) is 40.9 Å². The Morgan fingerprint density at radius 2 is 1.44 bits per heavy atom. The van der Waals surface area contributed by atoms with Gasteiger partial charge in [-0.15, -0.1) is 0 Å². The molecule has 2 saturated heterocycles. The second-order valence-corrected chi connectivity index (χ2v) is 6.46. The lowest BCUT2D eigenvalue weighted by Crippen LogP contribution is -2.27. The molecule has 2 bridgehead atoms. The molecule has 18 heavy (non-hydrogen) atoms. The second kappa shape index (κ2) is 3.99. The third-order valence-corrected chi connectivity index (χ3v) is 5.03. The van der Waals surface area contributed by atoms with E-state index in [-0.39, 0.29) is 0 Å². The molecule has 92 valence electrons. The predicted molar refractivity (Wildman–Crippen MR) is 80.2 cm³/mol. The normalized spacial score (nSPS) is 26.2. The smallest absolute Gasteiger partial charge is 0.0377 e. The highest BCUT2D eigenvalue weighted by Crippen LogP contribution is 2.41. The fraction of sp³-hybridized carbons (Fsp3) is 0.375. The van der Waals surface area contributed by atoms with E-state index in [2.05, 4.69) is 57.2 Å². The van der Waals surface area contributed by atoms with Crippen molar-refractivity contribution in [2.75, 3.05) is 4.90 Å². The van der Waals surface area contributed by atoms with E-state index in [4.69, 9.17) is 0 Å². The SMILES string of the molecule is Brc1ccc2cc(N3C4CCC3CC4)ccc2c1. The molecule has 1 nitrogen and oxygen atoms in total. The standard InChI is InChI=1S/C16H16BrN/c17-13-3-1-12-10-16(4-2-11(12)9-13)18-14-5-6-15(18)8-7-14/h1-4,9-10,14-15H,5-8H2. The molecular formula is C16H16BrN. The van der Waals surface area contributed by atoms with Crippen molar-refractivity contribution >= 4 is 32.4 Å². The first-order chi connectivity index (χ1) is 8.81. The highest BCUT2D eigenvalue weighted by Gasteiger charge is 2.39. The number of halogens is 1. The minimum Gasteiger partial charge on any atom is -0.366 e. The first kappa shape index (κ1) is 10.9. The molecule has 0 saturated carbocycles. The number of benzene rings is 2. The topological polar surface area (TPSA) is 3.24 Å². The van der Waals surface area contributed by atoms with Crippen LogP contribution in [0.1, 0.15) is 25.7 Å². The van der Waals surface area contributed by atoms with Crippen molar-refractivity contribution in [1.29, 1.82) is 0 Å². The highest BCUT2D eigenvalue weighted by molar-refractivity contribution is 9.10. The third kappa shape index (κ3) is 1.58. The van der Waals surface area contributed by atoms with E-state index in [0.29, 0.717) is 0 Å². The number of nitrogens with zero attached hydrogens (tertiary/aromatic N) is 1. The van der Waals surface area contributed by atoms with Gasteiger partial charge in [-0.3, -0.25) is 0 Å². The Balaban J connectivity index is 1.80. The molecule has 2 aliphatic rings. The molecule has 2 aromatic rings. The highest BCUT2D eigenvalue weighted by atomic mass is 79.9.